The fraction of sp³-hybridized carbons (Fsp3) is 0.188. The molecule has 0 spiro atoms. The highest BCUT2D eigenvalue weighted by Crippen LogP contribution is 2.24. The quantitative estimate of drug-likeness (QED) is 0.896. The third kappa shape index (κ3) is 3.16. The lowest BCUT2D eigenvalue weighted by atomic mass is 10.0. The Balaban J connectivity index is 1.61. The van der Waals surface area contributed by atoms with Crippen LogP contribution in [0.1, 0.15) is 5.56 Å². The zero-order valence-electron chi connectivity index (χ0n) is 11.6. The fourth-order valence-electron chi connectivity index (χ4n) is 2.36. The third-order valence-corrected chi connectivity index (χ3v) is 3.39. The molecule has 0 radical (unpaired) electrons. The summed E-state index contributed by atoms with van der Waals surface area (Å²) >= 11 is 0. The molecule has 0 aliphatic carbocycles. The van der Waals surface area contributed by atoms with E-state index in [1.807, 2.05) is 24.3 Å². The summed E-state index contributed by atoms with van der Waals surface area (Å²) in [5.74, 6) is -0.702. The number of nitrogens with one attached hydrogen (secondary N) is 2. The Bertz CT molecular complexity index is 706. The summed E-state index contributed by atoms with van der Waals surface area (Å²) in [5.41, 5.74) is 0.933. The molecule has 1 heterocycles. The van der Waals surface area contributed by atoms with Crippen LogP contribution in [0.3, 0.4) is 0 Å². The SMILES string of the molecule is O=C(Nc1ccc(F)cc1F)N[C@@H]1COc2ccccc2C1. The molecule has 1 aliphatic rings. The van der Waals surface area contributed by atoms with Gasteiger partial charge < -0.3 is 15.4 Å². The highest BCUT2D eigenvalue weighted by atomic mass is 19.1. The van der Waals surface area contributed by atoms with Crippen LogP contribution in [0.4, 0.5) is 19.3 Å². The van der Waals surface area contributed by atoms with Crippen molar-refractivity contribution in [2.45, 2.75) is 12.5 Å². The number of hydrogen-bond acceptors (Lipinski definition) is 2. The number of amides is 2. The average molecular weight is 304 g/mol. The highest BCUT2D eigenvalue weighted by Gasteiger charge is 2.21. The van der Waals surface area contributed by atoms with E-state index in [9.17, 15) is 13.6 Å². The minimum Gasteiger partial charge on any atom is -0.491 e. The Morgan fingerprint density at radius 2 is 2.00 bits per heavy atom. The molecule has 3 rings (SSSR count). The molecule has 0 aromatic heterocycles. The summed E-state index contributed by atoms with van der Waals surface area (Å²) in [4.78, 5) is 11.9. The van der Waals surface area contributed by atoms with Crippen LogP contribution in [0.5, 0.6) is 5.75 Å². The van der Waals surface area contributed by atoms with Crippen molar-refractivity contribution in [3.05, 3.63) is 59.7 Å². The standard InChI is InChI=1S/C16H14F2N2O2/c17-11-5-6-14(13(18)8-11)20-16(21)19-12-7-10-3-1-2-4-15(10)22-9-12/h1-6,8,12H,7,9H2,(H2,19,20,21)/t12-/m0/s1. The first kappa shape index (κ1) is 14.3. The molecule has 0 saturated carbocycles. The summed E-state index contributed by atoms with van der Waals surface area (Å²) < 4.78 is 31.9. The summed E-state index contributed by atoms with van der Waals surface area (Å²) in [6.07, 6.45) is 0.634. The van der Waals surface area contributed by atoms with Crippen LogP contribution in [-0.2, 0) is 6.42 Å². The first-order valence-corrected chi connectivity index (χ1v) is 6.85. The lowest BCUT2D eigenvalue weighted by Crippen LogP contribution is -2.44. The van der Waals surface area contributed by atoms with Crippen molar-refractivity contribution >= 4 is 11.7 Å². The van der Waals surface area contributed by atoms with E-state index >= 15 is 0 Å². The molecule has 0 bridgehead atoms. The van der Waals surface area contributed by atoms with E-state index in [1.54, 1.807) is 0 Å². The zero-order chi connectivity index (χ0) is 15.5. The van der Waals surface area contributed by atoms with E-state index in [2.05, 4.69) is 10.6 Å². The number of benzene rings is 2. The zero-order valence-corrected chi connectivity index (χ0v) is 11.6. The molecule has 1 atom stereocenters. The van der Waals surface area contributed by atoms with Crippen molar-refractivity contribution in [1.29, 1.82) is 0 Å². The van der Waals surface area contributed by atoms with E-state index in [0.29, 0.717) is 13.0 Å². The van der Waals surface area contributed by atoms with Gasteiger partial charge in [-0.3, -0.25) is 0 Å². The lowest BCUT2D eigenvalue weighted by molar-refractivity contribution is 0.222. The summed E-state index contributed by atoms with van der Waals surface area (Å²) in [5, 5.41) is 5.08. The Morgan fingerprint density at radius 3 is 2.82 bits per heavy atom. The monoisotopic (exact) mass is 304 g/mol. The molecular formula is C16H14F2N2O2. The number of anilines is 1. The highest BCUT2D eigenvalue weighted by molar-refractivity contribution is 5.89. The number of carbonyl (C=O) groups excluding carboxylic acids is 1. The van der Waals surface area contributed by atoms with Gasteiger partial charge in [0.25, 0.3) is 0 Å². The Labute approximate surface area is 126 Å². The molecule has 0 unspecified atom stereocenters. The number of ether oxygens (including phenoxy) is 1. The number of rotatable bonds is 2. The molecule has 22 heavy (non-hydrogen) atoms. The molecular weight excluding hydrogens is 290 g/mol. The predicted molar refractivity (Wildman–Crippen MR) is 77.9 cm³/mol. The number of halogens is 2. The van der Waals surface area contributed by atoms with Crippen LogP contribution in [0.15, 0.2) is 42.5 Å². The number of carbonyl (C=O) groups is 1. The molecule has 2 N–H and O–H groups in total. The van der Waals surface area contributed by atoms with Gasteiger partial charge in [-0.25, -0.2) is 13.6 Å². The van der Waals surface area contributed by atoms with Crippen LogP contribution in [0, 0.1) is 11.6 Å². The Kier molecular flexibility index (Phi) is 3.91. The molecule has 1 aliphatic heterocycles. The minimum absolute atomic E-state index is 0.0731. The maximum absolute atomic E-state index is 13.5. The fourth-order valence-corrected chi connectivity index (χ4v) is 2.36. The topological polar surface area (TPSA) is 50.4 Å². The Hall–Kier alpha value is -2.63. The van der Waals surface area contributed by atoms with Gasteiger partial charge in [0.1, 0.15) is 24.0 Å². The van der Waals surface area contributed by atoms with Crippen molar-refractivity contribution in [1.82, 2.24) is 5.32 Å². The average Bonchev–Trinajstić information content (AvgIpc) is 2.50. The predicted octanol–water partition coefficient (Wildman–Crippen LogP) is 3.09. The van der Waals surface area contributed by atoms with Gasteiger partial charge in [-0.15, -0.1) is 0 Å². The van der Waals surface area contributed by atoms with Gasteiger partial charge in [0.2, 0.25) is 0 Å². The summed E-state index contributed by atoms with van der Waals surface area (Å²) in [6.45, 7) is 0.344. The van der Waals surface area contributed by atoms with Crippen LogP contribution < -0.4 is 15.4 Å². The summed E-state index contributed by atoms with van der Waals surface area (Å²) in [6, 6.07) is 9.80. The first-order valence-electron chi connectivity index (χ1n) is 6.85. The number of fused-ring (bicyclic) bond motifs is 1. The van der Waals surface area contributed by atoms with E-state index in [4.69, 9.17) is 4.74 Å². The third-order valence-electron chi connectivity index (χ3n) is 3.39. The largest absolute Gasteiger partial charge is 0.491 e. The molecule has 6 heteroatoms. The van der Waals surface area contributed by atoms with Crippen molar-refractivity contribution < 1.29 is 18.3 Å². The minimum atomic E-state index is -0.819. The van der Waals surface area contributed by atoms with E-state index < -0.39 is 17.7 Å². The van der Waals surface area contributed by atoms with E-state index in [0.717, 1.165) is 23.4 Å². The molecule has 2 aromatic rings. The normalized spacial score (nSPS) is 16.4. The molecule has 2 aromatic carbocycles. The number of hydrogen-bond donors (Lipinski definition) is 2. The van der Waals surface area contributed by atoms with Crippen LogP contribution >= 0.6 is 0 Å². The van der Waals surface area contributed by atoms with E-state index in [1.165, 1.54) is 6.07 Å². The Morgan fingerprint density at radius 1 is 1.18 bits per heavy atom. The lowest BCUT2D eigenvalue weighted by Gasteiger charge is -2.26. The van der Waals surface area contributed by atoms with Crippen LogP contribution in [0.2, 0.25) is 0 Å². The van der Waals surface area contributed by atoms with Crippen molar-refractivity contribution in [2.24, 2.45) is 0 Å². The smallest absolute Gasteiger partial charge is 0.319 e. The molecule has 0 saturated heterocycles. The van der Waals surface area contributed by atoms with Gasteiger partial charge in [0, 0.05) is 6.07 Å². The van der Waals surface area contributed by atoms with Gasteiger partial charge in [-0.05, 0) is 30.2 Å². The molecule has 0 fully saturated rings. The maximum atomic E-state index is 13.5. The van der Waals surface area contributed by atoms with Crippen LogP contribution in [0.25, 0.3) is 0 Å². The molecule has 2 amide bonds. The van der Waals surface area contributed by atoms with Crippen molar-refractivity contribution in [2.75, 3.05) is 11.9 Å². The second kappa shape index (κ2) is 6.01. The maximum Gasteiger partial charge on any atom is 0.319 e. The van der Waals surface area contributed by atoms with Crippen molar-refractivity contribution in [3.63, 3.8) is 0 Å². The number of urea groups is 1. The van der Waals surface area contributed by atoms with Gasteiger partial charge in [0.15, 0.2) is 0 Å². The van der Waals surface area contributed by atoms with Gasteiger partial charge in [-0.1, -0.05) is 18.2 Å². The van der Waals surface area contributed by atoms with Gasteiger partial charge in [0.05, 0.1) is 11.7 Å². The second-order valence-corrected chi connectivity index (χ2v) is 5.04. The second-order valence-electron chi connectivity index (χ2n) is 5.04. The van der Waals surface area contributed by atoms with Gasteiger partial charge in [-0.2, -0.15) is 0 Å². The molecule has 114 valence electrons. The summed E-state index contributed by atoms with van der Waals surface area (Å²) in [7, 11) is 0. The van der Waals surface area contributed by atoms with Crippen molar-refractivity contribution in [3.8, 4) is 5.75 Å². The van der Waals surface area contributed by atoms with Gasteiger partial charge >= 0.3 is 6.03 Å². The van der Waals surface area contributed by atoms with E-state index in [-0.39, 0.29) is 11.7 Å². The first-order chi connectivity index (χ1) is 10.6. The molecule has 4 nitrogen and oxygen atoms in total. The van der Waals surface area contributed by atoms with Crippen LogP contribution in [-0.4, -0.2) is 18.7 Å². The number of para-hydroxylation sites is 1.